The molecule has 0 aromatic heterocycles. The number of methoxy groups -OCH3 is 1. The minimum atomic E-state index is 0.469. The molecule has 1 aromatic carbocycles. The van der Waals surface area contributed by atoms with Gasteiger partial charge >= 0.3 is 0 Å². The molecular weight excluding hydrogens is 214 g/mol. The lowest BCUT2D eigenvalue weighted by atomic mass is 10.1. The molecular formula is C13H21N3O. The van der Waals surface area contributed by atoms with Crippen LogP contribution < -0.4 is 11.1 Å². The molecule has 0 spiro atoms. The van der Waals surface area contributed by atoms with E-state index in [1.807, 2.05) is 18.2 Å². The first kappa shape index (κ1) is 13.5. The molecule has 3 N–H and O–H groups in total. The van der Waals surface area contributed by atoms with Crippen LogP contribution in [-0.4, -0.2) is 26.2 Å². The van der Waals surface area contributed by atoms with Crippen molar-refractivity contribution in [1.29, 1.82) is 0 Å². The Hall–Kier alpha value is -1.55. The van der Waals surface area contributed by atoms with Gasteiger partial charge in [-0.15, -0.1) is 0 Å². The van der Waals surface area contributed by atoms with Gasteiger partial charge in [-0.1, -0.05) is 25.1 Å². The highest BCUT2D eigenvalue weighted by Crippen LogP contribution is 2.15. The number of nitrogens with one attached hydrogen (secondary N) is 1. The van der Waals surface area contributed by atoms with Crippen LogP contribution in [0, 0.1) is 0 Å². The fraction of sp³-hybridized carbons (Fsp3) is 0.462. The summed E-state index contributed by atoms with van der Waals surface area (Å²) in [7, 11) is 1.70. The topological polar surface area (TPSA) is 59.6 Å². The third kappa shape index (κ3) is 4.87. The summed E-state index contributed by atoms with van der Waals surface area (Å²) >= 11 is 0. The molecule has 0 amide bonds. The molecule has 94 valence electrons. The van der Waals surface area contributed by atoms with Crippen LogP contribution >= 0.6 is 0 Å². The zero-order valence-corrected chi connectivity index (χ0v) is 10.6. The van der Waals surface area contributed by atoms with Crippen molar-refractivity contribution in [3.63, 3.8) is 0 Å². The van der Waals surface area contributed by atoms with Gasteiger partial charge in [-0.05, 0) is 24.5 Å². The Morgan fingerprint density at radius 3 is 2.88 bits per heavy atom. The van der Waals surface area contributed by atoms with Gasteiger partial charge in [-0.2, -0.15) is 0 Å². The molecule has 0 aliphatic heterocycles. The highest BCUT2D eigenvalue weighted by atomic mass is 16.5. The lowest BCUT2D eigenvalue weighted by Gasteiger charge is -2.11. The van der Waals surface area contributed by atoms with Crippen molar-refractivity contribution in [3.8, 4) is 0 Å². The van der Waals surface area contributed by atoms with Crippen molar-refractivity contribution in [2.45, 2.75) is 19.8 Å². The summed E-state index contributed by atoms with van der Waals surface area (Å²) in [4.78, 5) is 4.21. The molecule has 4 heteroatoms. The summed E-state index contributed by atoms with van der Waals surface area (Å²) in [5.41, 5.74) is 7.98. The summed E-state index contributed by atoms with van der Waals surface area (Å²) in [5.74, 6) is 0.469. The molecule has 0 saturated heterocycles. The van der Waals surface area contributed by atoms with E-state index in [0.29, 0.717) is 12.6 Å². The quantitative estimate of drug-likeness (QED) is 0.585. The van der Waals surface area contributed by atoms with Crippen LogP contribution in [0.25, 0.3) is 0 Å². The molecule has 0 atom stereocenters. The molecule has 1 rings (SSSR count). The maximum absolute atomic E-state index is 5.80. The summed E-state index contributed by atoms with van der Waals surface area (Å²) in [6.45, 7) is 3.52. The van der Waals surface area contributed by atoms with Crippen molar-refractivity contribution in [3.05, 3.63) is 29.8 Å². The van der Waals surface area contributed by atoms with Crippen molar-refractivity contribution >= 4 is 11.6 Å². The number of ether oxygens (including phenoxy) is 1. The summed E-state index contributed by atoms with van der Waals surface area (Å²) < 4.78 is 5.08. The number of benzene rings is 1. The molecule has 0 saturated carbocycles. The van der Waals surface area contributed by atoms with Gasteiger partial charge in [0.05, 0.1) is 6.61 Å². The lowest BCUT2D eigenvalue weighted by Crippen LogP contribution is -2.23. The van der Waals surface area contributed by atoms with Gasteiger partial charge in [-0.25, -0.2) is 0 Å². The molecule has 0 fully saturated rings. The number of hydrogen-bond acceptors (Lipinski definition) is 2. The Morgan fingerprint density at radius 1 is 1.41 bits per heavy atom. The minimum absolute atomic E-state index is 0.469. The minimum Gasteiger partial charge on any atom is -0.384 e. The molecule has 4 nitrogen and oxygen atoms in total. The van der Waals surface area contributed by atoms with E-state index in [1.165, 1.54) is 5.56 Å². The van der Waals surface area contributed by atoms with Crippen molar-refractivity contribution in [1.82, 2.24) is 0 Å². The number of anilines is 1. The van der Waals surface area contributed by atoms with Crippen molar-refractivity contribution < 1.29 is 4.74 Å². The van der Waals surface area contributed by atoms with Crippen LogP contribution in [0.5, 0.6) is 0 Å². The van der Waals surface area contributed by atoms with Crippen molar-refractivity contribution in [2.75, 3.05) is 25.6 Å². The largest absolute Gasteiger partial charge is 0.384 e. The Kier molecular flexibility index (Phi) is 6.10. The van der Waals surface area contributed by atoms with E-state index < -0.39 is 0 Å². The molecule has 0 radical (unpaired) electrons. The predicted molar refractivity (Wildman–Crippen MR) is 72.4 cm³/mol. The fourth-order valence-corrected chi connectivity index (χ4v) is 1.48. The van der Waals surface area contributed by atoms with E-state index in [2.05, 4.69) is 23.3 Å². The number of guanidine groups is 1. The Labute approximate surface area is 103 Å². The van der Waals surface area contributed by atoms with Crippen LogP contribution in [0.2, 0.25) is 0 Å². The molecule has 0 bridgehead atoms. The van der Waals surface area contributed by atoms with Gasteiger partial charge < -0.3 is 15.8 Å². The van der Waals surface area contributed by atoms with Gasteiger partial charge in [0.15, 0.2) is 5.96 Å². The molecule has 1 aromatic rings. The second kappa shape index (κ2) is 7.68. The monoisotopic (exact) mass is 235 g/mol. The van der Waals surface area contributed by atoms with Gasteiger partial charge in [-0.3, -0.25) is 4.99 Å². The molecule has 0 aliphatic carbocycles. The summed E-state index contributed by atoms with van der Waals surface area (Å²) in [6.07, 6.45) is 1.86. The number of rotatable bonds is 6. The number of hydrogen-bond donors (Lipinski definition) is 2. The lowest BCUT2D eigenvalue weighted by molar-refractivity contribution is 0.202. The van der Waals surface area contributed by atoms with E-state index >= 15 is 0 Å². The number of para-hydroxylation sites is 1. The van der Waals surface area contributed by atoms with Gasteiger partial charge in [0.25, 0.3) is 0 Å². The van der Waals surface area contributed by atoms with Crippen LogP contribution in [0.1, 0.15) is 18.9 Å². The number of nitrogens with two attached hydrogens (primary N) is 1. The van der Waals surface area contributed by atoms with E-state index in [1.54, 1.807) is 7.11 Å². The first-order valence-electron chi connectivity index (χ1n) is 5.91. The van der Waals surface area contributed by atoms with Crippen LogP contribution in [-0.2, 0) is 11.2 Å². The third-order valence-electron chi connectivity index (χ3n) is 2.36. The maximum Gasteiger partial charge on any atom is 0.193 e. The number of nitrogens with zero attached hydrogens (tertiary/aromatic N) is 1. The summed E-state index contributed by atoms with van der Waals surface area (Å²) in [5, 5.41) is 3.13. The van der Waals surface area contributed by atoms with E-state index in [-0.39, 0.29) is 0 Å². The van der Waals surface area contributed by atoms with E-state index in [4.69, 9.17) is 10.5 Å². The Bertz CT molecular complexity index is 363. The summed E-state index contributed by atoms with van der Waals surface area (Å²) in [6, 6.07) is 8.05. The van der Waals surface area contributed by atoms with Crippen molar-refractivity contribution in [2.24, 2.45) is 10.7 Å². The second-order valence-corrected chi connectivity index (χ2v) is 3.79. The SMILES string of the molecule is CCCN=C(N)Nc1ccccc1CCOC. The fourth-order valence-electron chi connectivity index (χ4n) is 1.48. The highest BCUT2D eigenvalue weighted by molar-refractivity contribution is 5.92. The first-order valence-corrected chi connectivity index (χ1v) is 5.91. The zero-order valence-electron chi connectivity index (χ0n) is 10.6. The first-order chi connectivity index (χ1) is 8.27. The smallest absolute Gasteiger partial charge is 0.193 e. The Balaban J connectivity index is 2.68. The van der Waals surface area contributed by atoms with Gasteiger partial charge in [0.1, 0.15) is 0 Å². The van der Waals surface area contributed by atoms with E-state index in [9.17, 15) is 0 Å². The highest BCUT2D eigenvalue weighted by Gasteiger charge is 2.02. The molecule has 0 unspecified atom stereocenters. The normalized spacial score (nSPS) is 11.5. The zero-order chi connectivity index (χ0) is 12.5. The second-order valence-electron chi connectivity index (χ2n) is 3.79. The van der Waals surface area contributed by atoms with E-state index in [0.717, 1.165) is 25.1 Å². The van der Waals surface area contributed by atoms with Crippen LogP contribution in [0.4, 0.5) is 5.69 Å². The standard InChI is InChI=1S/C13H21N3O/c1-3-9-15-13(14)16-12-7-5-4-6-11(12)8-10-17-2/h4-7H,3,8-10H2,1-2H3,(H3,14,15,16). The molecule has 17 heavy (non-hydrogen) atoms. The number of aliphatic imine (C=N–C) groups is 1. The average Bonchev–Trinajstić information content (AvgIpc) is 2.35. The average molecular weight is 235 g/mol. The van der Waals surface area contributed by atoms with Gasteiger partial charge in [0.2, 0.25) is 0 Å². The predicted octanol–water partition coefficient (Wildman–Crippen LogP) is 2.01. The van der Waals surface area contributed by atoms with Gasteiger partial charge in [0, 0.05) is 19.3 Å². The molecule has 0 heterocycles. The molecule has 0 aliphatic rings. The van der Waals surface area contributed by atoms with Crippen LogP contribution in [0.15, 0.2) is 29.3 Å². The van der Waals surface area contributed by atoms with Crippen LogP contribution in [0.3, 0.4) is 0 Å². The maximum atomic E-state index is 5.80. The Morgan fingerprint density at radius 2 is 2.18 bits per heavy atom. The third-order valence-corrected chi connectivity index (χ3v) is 2.36.